The molecule has 1 spiro atoms. The van der Waals surface area contributed by atoms with Gasteiger partial charge in [0.2, 0.25) is 5.91 Å². The minimum atomic E-state index is 0. The van der Waals surface area contributed by atoms with Gasteiger partial charge in [-0.3, -0.25) is 4.79 Å². The molecule has 3 nitrogen and oxygen atoms in total. The highest BCUT2D eigenvalue weighted by Crippen LogP contribution is 2.43. The summed E-state index contributed by atoms with van der Waals surface area (Å²) in [6.07, 6.45) is 10.3. The van der Waals surface area contributed by atoms with Crippen molar-refractivity contribution in [2.24, 2.45) is 5.41 Å². The molecule has 18 heavy (non-hydrogen) atoms. The minimum Gasteiger partial charge on any atom is -0.341 e. The summed E-state index contributed by atoms with van der Waals surface area (Å²) in [7, 11) is 0. The second kappa shape index (κ2) is 5.79. The summed E-state index contributed by atoms with van der Waals surface area (Å²) in [5, 5.41) is 3.33. The summed E-state index contributed by atoms with van der Waals surface area (Å²) in [5.74, 6) is 0.380. The van der Waals surface area contributed by atoms with Gasteiger partial charge in [-0.15, -0.1) is 12.4 Å². The molecule has 2 saturated heterocycles. The molecule has 0 bridgehead atoms. The number of nitrogens with one attached hydrogen (secondary N) is 1. The minimum absolute atomic E-state index is 0. The number of hydrogen-bond acceptors (Lipinski definition) is 2. The maximum atomic E-state index is 12.3. The first-order chi connectivity index (χ1) is 8.29. The standard InChI is InChI=1S/C14H24N2O.ClH/c17-13(12-5-4-9-15-12)16-10-8-14(11-16)6-2-1-3-7-14;/h12,15H,1-11H2;1H. The van der Waals surface area contributed by atoms with Gasteiger partial charge in [-0.05, 0) is 44.1 Å². The second-order valence-electron chi connectivity index (χ2n) is 6.22. The Hall–Kier alpha value is -0.280. The number of hydrogen-bond donors (Lipinski definition) is 1. The molecule has 3 rings (SSSR count). The average Bonchev–Trinajstić information content (AvgIpc) is 2.99. The fourth-order valence-electron chi connectivity index (χ4n) is 3.95. The van der Waals surface area contributed by atoms with Crippen molar-refractivity contribution in [3.05, 3.63) is 0 Å². The van der Waals surface area contributed by atoms with Crippen molar-refractivity contribution in [1.29, 1.82) is 0 Å². The molecule has 0 aromatic carbocycles. The summed E-state index contributed by atoms with van der Waals surface area (Å²) in [6, 6.07) is 0.133. The molecule has 1 aliphatic carbocycles. The van der Waals surface area contributed by atoms with Crippen LogP contribution in [0.3, 0.4) is 0 Å². The van der Waals surface area contributed by atoms with Crippen LogP contribution in [0.15, 0.2) is 0 Å². The molecule has 2 aliphatic heterocycles. The summed E-state index contributed by atoms with van der Waals surface area (Å²) in [4.78, 5) is 14.5. The van der Waals surface area contributed by atoms with Crippen LogP contribution < -0.4 is 5.32 Å². The van der Waals surface area contributed by atoms with Gasteiger partial charge < -0.3 is 10.2 Å². The number of nitrogens with zero attached hydrogens (tertiary/aromatic N) is 1. The molecule has 2 heterocycles. The monoisotopic (exact) mass is 272 g/mol. The smallest absolute Gasteiger partial charge is 0.239 e. The van der Waals surface area contributed by atoms with Crippen LogP contribution in [0.25, 0.3) is 0 Å². The van der Waals surface area contributed by atoms with Crippen LogP contribution in [0.1, 0.15) is 51.4 Å². The quantitative estimate of drug-likeness (QED) is 0.795. The Morgan fingerprint density at radius 3 is 2.56 bits per heavy atom. The molecule has 0 radical (unpaired) electrons. The van der Waals surface area contributed by atoms with Gasteiger partial charge in [-0.25, -0.2) is 0 Å². The fraction of sp³-hybridized carbons (Fsp3) is 0.929. The molecule has 104 valence electrons. The van der Waals surface area contributed by atoms with E-state index in [0.717, 1.165) is 32.5 Å². The molecule has 1 unspecified atom stereocenters. The molecule has 1 saturated carbocycles. The average molecular weight is 273 g/mol. The van der Waals surface area contributed by atoms with Crippen molar-refractivity contribution in [2.75, 3.05) is 19.6 Å². The highest BCUT2D eigenvalue weighted by Gasteiger charge is 2.41. The normalized spacial score (nSPS) is 30.4. The molecule has 1 N–H and O–H groups in total. The van der Waals surface area contributed by atoms with Crippen molar-refractivity contribution in [1.82, 2.24) is 10.2 Å². The van der Waals surface area contributed by atoms with Crippen molar-refractivity contribution < 1.29 is 4.79 Å². The lowest BCUT2D eigenvalue weighted by molar-refractivity contribution is -0.132. The number of likely N-dealkylation sites (tertiary alicyclic amines) is 1. The molecule has 3 aliphatic rings. The van der Waals surface area contributed by atoms with Gasteiger partial charge in [-0.1, -0.05) is 19.3 Å². The Balaban J connectivity index is 0.00000120. The largest absolute Gasteiger partial charge is 0.341 e. The number of halogens is 1. The summed E-state index contributed by atoms with van der Waals surface area (Å²) in [6.45, 7) is 3.08. The first-order valence-electron chi connectivity index (χ1n) is 7.31. The van der Waals surface area contributed by atoms with Crippen molar-refractivity contribution in [2.45, 2.75) is 57.4 Å². The van der Waals surface area contributed by atoms with Crippen molar-refractivity contribution >= 4 is 18.3 Å². The van der Waals surface area contributed by atoms with Crippen LogP contribution in [0.2, 0.25) is 0 Å². The Bertz CT molecular complexity index is 296. The lowest BCUT2D eigenvalue weighted by atomic mass is 9.73. The first-order valence-corrected chi connectivity index (χ1v) is 7.31. The van der Waals surface area contributed by atoms with Crippen LogP contribution in [0.5, 0.6) is 0 Å². The van der Waals surface area contributed by atoms with E-state index in [9.17, 15) is 4.79 Å². The Morgan fingerprint density at radius 2 is 1.89 bits per heavy atom. The molecule has 3 fully saturated rings. The maximum Gasteiger partial charge on any atom is 0.239 e. The molecule has 1 amide bonds. The Labute approximate surface area is 116 Å². The number of carbonyl (C=O) groups excluding carboxylic acids is 1. The van der Waals surface area contributed by atoms with E-state index in [-0.39, 0.29) is 18.4 Å². The lowest BCUT2D eigenvalue weighted by Gasteiger charge is -2.33. The molecule has 0 aromatic heterocycles. The highest BCUT2D eigenvalue weighted by atomic mass is 35.5. The van der Waals surface area contributed by atoms with Gasteiger partial charge in [0.15, 0.2) is 0 Å². The zero-order valence-electron chi connectivity index (χ0n) is 11.1. The summed E-state index contributed by atoms with van der Waals surface area (Å²) in [5.41, 5.74) is 0.506. The topological polar surface area (TPSA) is 32.3 Å². The van der Waals surface area contributed by atoms with Gasteiger partial charge in [0.25, 0.3) is 0 Å². The Kier molecular flexibility index (Phi) is 4.54. The van der Waals surface area contributed by atoms with Crippen LogP contribution >= 0.6 is 12.4 Å². The molecule has 4 heteroatoms. The fourth-order valence-corrected chi connectivity index (χ4v) is 3.95. The van der Waals surface area contributed by atoms with Crippen LogP contribution in [0, 0.1) is 5.41 Å². The molecular weight excluding hydrogens is 248 g/mol. The van der Waals surface area contributed by atoms with Crippen LogP contribution in [0.4, 0.5) is 0 Å². The number of amides is 1. The Morgan fingerprint density at radius 1 is 1.11 bits per heavy atom. The van der Waals surface area contributed by atoms with E-state index in [4.69, 9.17) is 0 Å². The van der Waals surface area contributed by atoms with Gasteiger partial charge in [0.05, 0.1) is 6.04 Å². The zero-order valence-corrected chi connectivity index (χ0v) is 11.9. The third kappa shape index (κ3) is 2.67. The van der Waals surface area contributed by atoms with Gasteiger partial charge in [0.1, 0.15) is 0 Å². The first kappa shape index (κ1) is 14.1. The van der Waals surface area contributed by atoms with E-state index in [1.807, 2.05) is 0 Å². The SMILES string of the molecule is Cl.O=C(C1CCCN1)N1CCC2(CCCCC2)C1. The van der Waals surface area contributed by atoms with Crippen LogP contribution in [-0.2, 0) is 4.79 Å². The predicted molar refractivity (Wildman–Crippen MR) is 75.0 cm³/mol. The maximum absolute atomic E-state index is 12.3. The predicted octanol–water partition coefficient (Wildman–Crippen LogP) is 2.34. The third-order valence-corrected chi connectivity index (χ3v) is 5.02. The van der Waals surface area contributed by atoms with E-state index >= 15 is 0 Å². The van der Waals surface area contributed by atoms with E-state index in [1.54, 1.807) is 0 Å². The van der Waals surface area contributed by atoms with E-state index in [2.05, 4.69) is 10.2 Å². The van der Waals surface area contributed by atoms with Crippen molar-refractivity contribution in [3.63, 3.8) is 0 Å². The van der Waals surface area contributed by atoms with E-state index in [1.165, 1.54) is 38.5 Å². The third-order valence-electron chi connectivity index (χ3n) is 5.02. The van der Waals surface area contributed by atoms with E-state index < -0.39 is 0 Å². The lowest BCUT2D eigenvalue weighted by Crippen LogP contribution is -2.43. The summed E-state index contributed by atoms with van der Waals surface area (Å²) >= 11 is 0. The highest BCUT2D eigenvalue weighted by molar-refractivity contribution is 5.85. The zero-order chi connectivity index (χ0) is 11.7. The van der Waals surface area contributed by atoms with Crippen LogP contribution in [-0.4, -0.2) is 36.5 Å². The van der Waals surface area contributed by atoms with Gasteiger partial charge in [0, 0.05) is 13.1 Å². The molecular formula is C14H25ClN2O. The number of carbonyl (C=O) groups is 1. The van der Waals surface area contributed by atoms with Gasteiger partial charge in [-0.2, -0.15) is 0 Å². The number of rotatable bonds is 1. The van der Waals surface area contributed by atoms with E-state index in [0.29, 0.717) is 11.3 Å². The molecule has 1 atom stereocenters. The second-order valence-corrected chi connectivity index (χ2v) is 6.22. The molecule has 0 aromatic rings. The van der Waals surface area contributed by atoms with Crippen molar-refractivity contribution in [3.8, 4) is 0 Å². The summed E-state index contributed by atoms with van der Waals surface area (Å²) < 4.78 is 0. The van der Waals surface area contributed by atoms with Gasteiger partial charge >= 0.3 is 0 Å².